The molecule has 0 aromatic carbocycles. The SMILES string of the molecule is CC1(C)C(=O)C=CC2(C)C1CC(O)C1(C)C3=CCC(C4=CC(=O)OC4O)C3(C)CCC21. The predicted molar refractivity (Wildman–Crippen MR) is 115 cm³/mol. The number of aliphatic hydroxyl groups is 2. The molecular formula is C26H34O5. The van der Waals surface area contributed by atoms with Crippen LogP contribution in [0.25, 0.3) is 0 Å². The van der Waals surface area contributed by atoms with Crippen molar-refractivity contribution in [1.82, 2.24) is 0 Å². The number of hydrogen-bond donors (Lipinski definition) is 2. The molecule has 2 N–H and O–H groups in total. The van der Waals surface area contributed by atoms with E-state index in [1.165, 1.54) is 11.6 Å². The highest BCUT2D eigenvalue weighted by Gasteiger charge is 2.67. The van der Waals surface area contributed by atoms with Gasteiger partial charge >= 0.3 is 5.97 Å². The minimum atomic E-state index is -1.17. The Bertz CT molecular complexity index is 957. The van der Waals surface area contributed by atoms with Crippen LogP contribution in [0.3, 0.4) is 0 Å². The Kier molecular flexibility index (Phi) is 4.23. The van der Waals surface area contributed by atoms with Gasteiger partial charge in [0.25, 0.3) is 0 Å². The molecular weight excluding hydrogens is 392 g/mol. The van der Waals surface area contributed by atoms with Crippen LogP contribution in [0.2, 0.25) is 0 Å². The molecule has 8 unspecified atom stereocenters. The first kappa shape index (κ1) is 21.1. The van der Waals surface area contributed by atoms with E-state index in [2.05, 4.69) is 32.9 Å². The molecule has 0 spiro atoms. The van der Waals surface area contributed by atoms with Crippen molar-refractivity contribution in [2.45, 2.75) is 72.7 Å². The van der Waals surface area contributed by atoms with Gasteiger partial charge < -0.3 is 14.9 Å². The third-order valence-electron chi connectivity index (χ3n) is 10.2. The maximum absolute atomic E-state index is 12.7. The van der Waals surface area contributed by atoms with Gasteiger partial charge in [-0.2, -0.15) is 0 Å². The molecule has 5 heteroatoms. The molecule has 168 valence electrons. The van der Waals surface area contributed by atoms with E-state index in [0.717, 1.165) is 19.3 Å². The van der Waals surface area contributed by atoms with Crippen LogP contribution in [-0.4, -0.2) is 34.4 Å². The molecule has 2 saturated carbocycles. The van der Waals surface area contributed by atoms with E-state index in [1.807, 2.05) is 13.8 Å². The lowest BCUT2D eigenvalue weighted by Crippen LogP contribution is -2.63. The van der Waals surface area contributed by atoms with Crippen molar-refractivity contribution in [1.29, 1.82) is 0 Å². The van der Waals surface area contributed by atoms with Gasteiger partial charge in [0.05, 0.1) is 6.10 Å². The van der Waals surface area contributed by atoms with Gasteiger partial charge in [-0.05, 0) is 60.3 Å². The maximum atomic E-state index is 12.7. The minimum absolute atomic E-state index is 0.000582. The van der Waals surface area contributed by atoms with E-state index in [-0.39, 0.29) is 34.4 Å². The zero-order valence-electron chi connectivity index (χ0n) is 19.1. The molecule has 0 saturated heterocycles. The van der Waals surface area contributed by atoms with Crippen LogP contribution < -0.4 is 0 Å². The summed E-state index contributed by atoms with van der Waals surface area (Å²) in [6.45, 7) is 10.8. The third kappa shape index (κ3) is 2.45. The number of cyclic esters (lactones) is 1. The molecule has 2 fully saturated rings. The van der Waals surface area contributed by atoms with Crippen LogP contribution in [0.5, 0.6) is 0 Å². The number of hydrogen-bond acceptors (Lipinski definition) is 5. The van der Waals surface area contributed by atoms with Crippen molar-refractivity contribution in [2.24, 2.45) is 39.4 Å². The zero-order chi connectivity index (χ0) is 22.6. The summed E-state index contributed by atoms with van der Waals surface area (Å²) in [6.07, 6.45) is 9.08. The Labute approximate surface area is 184 Å². The summed E-state index contributed by atoms with van der Waals surface area (Å²) in [5, 5.41) is 21.9. The number of allylic oxidation sites excluding steroid dienone is 3. The van der Waals surface area contributed by atoms with Gasteiger partial charge in [-0.25, -0.2) is 4.79 Å². The van der Waals surface area contributed by atoms with Crippen molar-refractivity contribution in [3.05, 3.63) is 35.5 Å². The van der Waals surface area contributed by atoms with Crippen molar-refractivity contribution in [2.75, 3.05) is 0 Å². The van der Waals surface area contributed by atoms with E-state index < -0.39 is 29.2 Å². The van der Waals surface area contributed by atoms with E-state index in [1.54, 1.807) is 6.08 Å². The minimum Gasteiger partial charge on any atom is -0.429 e. The number of aliphatic hydroxyl groups excluding tert-OH is 2. The van der Waals surface area contributed by atoms with Crippen LogP contribution in [-0.2, 0) is 14.3 Å². The molecule has 0 aromatic heterocycles. The van der Waals surface area contributed by atoms with Gasteiger partial charge in [0.2, 0.25) is 6.29 Å². The van der Waals surface area contributed by atoms with Gasteiger partial charge in [-0.1, -0.05) is 52.3 Å². The fourth-order valence-electron chi connectivity index (χ4n) is 8.47. The summed E-state index contributed by atoms with van der Waals surface area (Å²) in [5.74, 6) is -0.0153. The average molecular weight is 427 g/mol. The lowest BCUT2D eigenvalue weighted by molar-refractivity contribution is -0.165. The van der Waals surface area contributed by atoms with E-state index in [9.17, 15) is 19.8 Å². The Hall–Kier alpha value is -1.72. The highest BCUT2D eigenvalue weighted by atomic mass is 16.6. The quantitative estimate of drug-likeness (QED) is 0.493. The van der Waals surface area contributed by atoms with Crippen LogP contribution in [0.15, 0.2) is 35.5 Å². The van der Waals surface area contributed by atoms with Crippen molar-refractivity contribution >= 4 is 11.8 Å². The number of fused-ring (bicyclic) bond motifs is 5. The highest BCUT2D eigenvalue weighted by molar-refractivity contribution is 5.95. The summed E-state index contributed by atoms with van der Waals surface area (Å²) in [7, 11) is 0. The average Bonchev–Trinajstić information content (AvgIpc) is 3.20. The van der Waals surface area contributed by atoms with Crippen LogP contribution in [0.4, 0.5) is 0 Å². The van der Waals surface area contributed by atoms with Crippen LogP contribution >= 0.6 is 0 Å². The number of rotatable bonds is 1. The Morgan fingerprint density at radius 1 is 1.06 bits per heavy atom. The molecule has 4 aliphatic carbocycles. The van der Waals surface area contributed by atoms with Crippen molar-refractivity contribution in [3.63, 3.8) is 0 Å². The molecule has 5 aliphatic rings. The standard InChI is InChI=1S/C26H34O5/c1-23(2)18-13-20(28)26(5)16-7-6-15(14-12-21(29)31-22(14)30)24(16,3)10-8-17(26)25(18,4)11-9-19(23)27/h7,9,11-12,15,17-18,20,22,28,30H,6,8,10,13H2,1-5H3. The number of ketones is 1. The second kappa shape index (κ2) is 6.20. The van der Waals surface area contributed by atoms with Crippen molar-refractivity contribution < 1.29 is 24.5 Å². The Morgan fingerprint density at radius 2 is 1.77 bits per heavy atom. The number of esters is 1. The largest absolute Gasteiger partial charge is 0.429 e. The molecule has 5 rings (SSSR count). The summed E-state index contributed by atoms with van der Waals surface area (Å²) in [4.78, 5) is 24.5. The molecule has 0 radical (unpaired) electrons. The maximum Gasteiger partial charge on any atom is 0.333 e. The lowest BCUT2D eigenvalue weighted by atomic mass is 9.38. The number of ether oxygens (including phenoxy) is 1. The first-order chi connectivity index (χ1) is 14.4. The van der Waals surface area contributed by atoms with Gasteiger partial charge in [0.15, 0.2) is 5.78 Å². The third-order valence-corrected chi connectivity index (χ3v) is 10.2. The predicted octanol–water partition coefficient (Wildman–Crippen LogP) is 3.71. The van der Waals surface area contributed by atoms with E-state index in [4.69, 9.17) is 4.74 Å². The fraction of sp³-hybridized carbons (Fsp3) is 0.692. The molecule has 31 heavy (non-hydrogen) atoms. The smallest absolute Gasteiger partial charge is 0.333 e. The normalized spacial score (nSPS) is 50.2. The summed E-state index contributed by atoms with van der Waals surface area (Å²) < 4.78 is 4.99. The Balaban J connectivity index is 1.58. The van der Waals surface area contributed by atoms with E-state index >= 15 is 0 Å². The van der Waals surface area contributed by atoms with E-state index in [0.29, 0.717) is 12.0 Å². The molecule has 1 aliphatic heterocycles. The second-order valence-corrected chi connectivity index (χ2v) is 11.7. The monoisotopic (exact) mass is 426 g/mol. The molecule has 5 nitrogen and oxygen atoms in total. The summed E-state index contributed by atoms with van der Waals surface area (Å²) in [6, 6.07) is 0. The highest BCUT2D eigenvalue weighted by Crippen LogP contribution is 2.72. The number of carbonyl (C=O) groups excluding carboxylic acids is 2. The zero-order valence-corrected chi connectivity index (χ0v) is 19.1. The molecule has 1 heterocycles. The molecule has 0 aromatic rings. The summed E-state index contributed by atoms with van der Waals surface area (Å²) in [5.41, 5.74) is 0.610. The fourth-order valence-corrected chi connectivity index (χ4v) is 8.47. The topological polar surface area (TPSA) is 83.8 Å². The van der Waals surface area contributed by atoms with Crippen LogP contribution in [0.1, 0.15) is 60.3 Å². The van der Waals surface area contributed by atoms with Gasteiger partial charge in [-0.3, -0.25) is 4.79 Å². The molecule has 8 atom stereocenters. The van der Waals surface area contributed by atoms with Gasteiger partial charge in [-0.15, -0.1) is 0 Å². The second-order valence-electron chi connectivity index (χ2n) is 11.7. The molecule has 0 amide bonds. The lowest BCUT2D eigenvalue weighted by Gasteiger charge is -2.66. The molecule has 0 bridgehead atoms. The van der Waals surface area contributed by atoms with Gasteiger partial charge in [0.1, 0.15) is 0 Å². The van der Waals surface area contributed by atoms with Gasteiger partial charge in [0, 0.05) is 22.5 Å². The Morgan fingerprint density at radius 3 is 2.42 bits per heavy atom. The van der Waals surface area contributed by atoms with Crippen LogP contribution in [0, 0.1) is 39.4 Å². The summed E-state index contributed by atoms with van der Waals surface area (Å²) >= 11 is 0. The first-order valence-electron chi connectivity index (χ1n) is 11.6. The first-order valence-corrected chi connectivity index (χ1v) is 11.6. The van der Waals surface area contributed by atoms with Crippen molar-refractivity contribution in [3.8, 4) is 0 Å². The number of carbonyl (C=O) groups is 2.